The Hall–Kier alpha value is -1.95. The zero-order chi connectivity index (χ0) is 14.4. The zero-order valence-corrected chi connectivity index (χ0v) is 11.9. The minimum absolute atomic E-state index is 0.149. The van der Waals surface area contributed by atoms with E-state index in [-0.39, 0.29) is 6.61 Å². The largest absolute Gasteiger partial charge is 0.489 e. The first-order valence-electron chi connectivity index (χ1n) is 6.26. The molecule has 102 valence electrons. The molecule has 20 heavy (non-hydrogen) atoms. The second-order valence-electron chi connectivity index (χ2n) is 4.37. The van der Waals surface area contributed by atoms with Gasteiger partial charge in [-0.1, -0.05) is 41.6 Å². The molecule has 0 bridgehead atoms. The van der Waals surface area contributed by atoms with Crippen LogP contribution in [-0.2, 0) is 6.61 Å². The minimum Gasteiger partial charge on any atom is -0.489 e. The highest BCUT2D eigenvalue weighted by Gasteiger charge is 2.02. The first-order valence-corrected chi connectivity index (χ1v) is 6.64. The molecule has 0 spiro atoms. The Balaban J connectivity index is 2.07. The van der Waals surface area contributed by atoms with Crippen molar-refractivity contribution in [2.75, 3.05) is 6.61 Å². The lowest BCUT2D eigenvalue weighted by Crippen LogP contribution is -1.96. The summed E-state index contributed by atoms with van der Waals surface area (Å²) in [5.74, 6) is 6.18. The number of hydrogen-bond acceptors (Lipinski definition) is 2. The molecule has 0 aliphatic rings. The SMILES string of the molecule is Cc1ccc(COc2cccc(C#CCO)c2)c(Cl)c1. The Bertz CT molecular complexity index is 654. The van der Waals surface area contributed by atoms with Crippen molar-refractivity contribution in [3.8, 4) is 17.6 Å². The van der Waals surface area contributed by atoms with Crippen LogP contribution in [-0.4, -0.2) is 11.7 Å². The molecular formula is C17H15ClO2. The van der Waals surface area contributed by atoms with Crippen LogP contribution in [0, 0.1) is 18.8 Å². The van der Waals surface area contributed by atoms with E-state index in [1.807, 2.05) is 49.4 Å². The molecule has 0 unspecified atom stereocenters. The van der Waals surface area contributed by atoms with Crippen molar-refractivity contribution in [3.05, 3.63) is 64.2 Å². The second-order valence-corrected chi connectivity index (χ2v) is 4.78. The highest BCUT2D eigenvalue weighted by atomic mass is 35.5. The quantitative estimate of drug-likeness (QED) is 0.874. The topological polar surface area (TPSA) is 29.5 Å². The molecule has 0 radical (unpaired) electrons. The van der Waals surface area contributed by atoms with E-state index in [2.05, 4.69) is 11.8 Å². The van der Waals surface area contributed by atoms with E-state index in [0.29, 0.717) is 11.6 Å². The first kappa shape index (κ1) is 14.5. The molecule has 3 heteroatoms. The maximum absolute atomic E-state index is 8.68. The number of rotatable bonds is 3. The third kappa shape index (κ3) is 4.03. The number of hydrogen-bond donors (Lipinski definition) is 1. The molecule has 0 aliphatic heterocycles. The lowest BCUT2D eigenvalue weighted by Gasteiger charge is -2.08. The predicted molar refractivity (Wildman–Crippen MR) is 80.9 cm³/mol. The van der Waals surface area contributed by atoms with Gasteiger partial charge in [0.25, 0.3) is 0 Å². The number of aliphatic hydroxyl groups excluding tert-OH is 1. The average molecular weight is 287 g/mol. The van der Waals surface area contributed by atoms with Gasteiger partial charge in [-0.25, -0.2) is 0 Å². The third-order valence-electron chi connectivity index (χ3n) is 2.75. The molecule has 0 atom stereocenters. The Labute approximate surface area is 124 Å². The lowest BCUT2D eigenvalue weighted by molar-refractivity contribution is 0.306. The predicted octanol–water partition coefficient (Wildman–Crippen LogP) is 3.57. The van der Waals surface area contributed by atoms with Crippen LogP contribution in [0.3, 0.4) is 0 Å². The zero-order valence-electron chi connectivity index (χ0n) is 11.2. The van der Waals surface area contributed by atoms with E-state index < -0.39 is 0 Å². The van der Waals surface area contributed by atoms with Crippen LogP contribution in [0.1, 0.15) is 16.7 Å². The molecule has 2 aromatic rings. The van der Waals surface area contributed by atoms with E-state index in [0.717, 1.165) is 22.4 Å². The van der Waals surface area contributed by atoms with Crippen LogP contribution < -0.4 is 4.74 Å². The molecule has 0 aromatic heterocycles. The van der Waals surface area contributed by atoms with Gasteiger partial charge in [-0.3, -0.25) is 0 Å². The van der Waals surface area contributed by atoms with Gasteiger partial charge in [-0.2, -0.15) is 0 Å². The molecule has 0 saturated carbocycles. The summed E-state index contributed by atoms with van der Waals surface area (Å²) in [4.78, 5) is 0. The summed E-state index contributed by atoms with van der Waals surface area (Å²) in [5.41, 5.74) is 2.88. The molecular weight excluding hydrogens is 272 g/mol. The number of halogens is 1. The summed E-state index contributed by atoms with van der Waals surface area (Å²) in [6.45, 7) is 2.26. The first-order chi connectivity index (χ1) is 9.69. The monoisotopic (exact) mass is 286 g/mol. The molecule has 1 N–H and O–H groups in total. The molecule has 0 saturated heterocycles. The second kappa shape index (κ2) is 7.00. The number of aliphatic hydroxyl groups is 1. The fraction of sp³-hybridized carbons (Fsp3) is 0.176. The third-order valence-corrected chi connectivity index (χ3v) is 3.10. The smallest absolute Gasteiger partial charge is 0.121 e. The van der Waals surface area contributed by atoms with Gasteiger partial charge >= 0.3 is 0 Å². The summed E-state index contributed by atoms with van der Waals surface area (Å²) in [6, 6.07) is 13.3. The van der Waals surface area contributed by atoms with E-state index in [1.165, 1.54) is 0 Å². The summed E-state index contributed by atoms with van der Waals surface area (Å²) in [6.07, 6.45) is 0. The molecule has 0 fully saturated rings. The van der Waals surface area contributed by atoms with Gasteiger partial charge in [0.1, 0.15) is 19.0 Å². The fourth-order valence-corrected chi connectivity index (χ4v) is 2.03. The van der Waals surface area contributed by atoms with Gasteiger partial charge < -0.3 is 9.84 Å². The maximum atomic E-state index is 8.68. The van der Waals surface area contributed by atoms with E-state index in [9.17, 15) is 0 Å². The minimum atomic E-state index is -0.149. The van der Waals surface area contributed by atoms with Crippen LogP contribution in [0.2, 0.25) is 5.02 Å². The lowest BCUT2D eigenvalue weighted by atomic mass is 10.1. The maximum Gasteiger partial charge on any atom is 0.121 e. The molecule has 0 amide bonds. The highest BCUT2D eigenvalue weighted by Crippen LogP contribution is 2.20. The normalized spacial score (nSPS) is 9.75. The van der Waals surface area contributed by atoms with Crippen molar-refractivity contribution >= 4 is 11.6 Å². The number of benzene rings is 2. The van der Waals surface area contributed by atoms with Crippen molar-refractivity contribution in [1.82, 2.24) is 0 Å². The molecule has 0 aliphatic carbocycles. The number of aryl methyl sites for hydroxylation is 1. The molecule has 2 rings (SSSR count). The molecule has 2 aromatic carbocycles. The highest BCUT2D eigenvalue weighted by molar-refractivity contribution is 6.31. The van der Waals surface area contributed by atoms with Crippen molar-refractivity contribution < 1.29 is 9.84 Å². The van der Waals surface area contributed by atoms with Crippen LogP contribution in [0.15, 0.2) is 42.5 Å². The van der Waals surface area contributed by atoms with Gasteiger partial charge in [-0.15, -0.1) is 0 Å². The van der Waals surface area contributed by atoms with Crippen molar-refractivity contribution in [2.24, 2.45) is 0 Å². The van der Waals surface area contributed by atoms with E-state index in [1.54, 1.807) is 0 Å². The Morgan fingerprint density at radius 1 is 1.20 bits per heavy atom. The van der Waals surface area contributed by atoms with Gasteiger partial charge in [-0.05, 0) is 36.8 Å². The van der Waals surface area contributed by atoms with Gasteiger partial charge in [0.15, 0.2) is 0 Å². The van der Waals surface area contributed by atoms with Gasteiger partial charge in [0.2, 0.25) is 0 Å². The number of ether oxygens (including phenoxy) is 1. The Morgan fingerprint density at radius 2 is 2.05 bits per heavy atom. The van der Waals surface area contributed by atoms with Crippen molar-refractivity contribution in [2.45, 2.75) is 13.5 Å². The van der Waals surface area contributed by atoms with Gasteiger partial charge in [0.05, 0.1) is 0 Å². The van der Waals surface area contributed by atoms with Crippen LogP contribution in [0.4, 0.5) is 0 Å². The van der Waals surface area contributed by atoms with E-state index >= 15 is 0 Å². The molecule has 2 nitrogen and oxygen atoms in total. The van der Waals surface area contributed by atoms with Crippen molar-refractivity contribution in [3.63, 3.8) is 0 Å². The van der Waals surface area contributed by atoms with Gasteiger partial charge in [0, 0.05) is 16.1 Å². The standard InChI is InChI=1S/C17H15ClO2/c1-13-7-8-15(17(18)10-13)12-20-16-6-2-4-14(11-16)5-3-9-19/h2,4,6-8,10-11,19H,9,12H2,1H3. The Morgan fingerprint density at radius 3 is 2.80 bits per heavy atom. The van der Waals surface area contributed by atoms with Crippen LogP contribution in [0.25, 0.3) is 0 Å². The summed E-state index contributed by atoms with van der Waals surface area (Å²) in [7, 11) is 0. The van der Waals surface area contributed by atoms with E-state index in [4.69, 9.17) is 21.4 Å². The summed E-state index contributed by atoms with van der Waals surface area (Å²) < 4.78 is 5.72. The molecule has 0 heterocycles. The van der Waals surface area contributed by atoms with Crippen molar-refractivity contribution in [1.29, 1.82) is 0 Å². The average Bonchev–Trinajstić information content (AvgIpc) is 2.45. The fourth-order valence-electron chi connectivity index (χ4n) is 1.74. The Kier molecular flexibility index (Phi) is 5.06. The summed E-state index contributed by atoms with van der Waals surface area (Å²) >= 11 is 6.17. The summed E-state index contributed by atoms with van der Waals surface area (Å²) in [5, 5.41) is 9.39. The van der Waals surface area contributed by atoms with Crippen LogP contribution in [0.5, 0.6) is 5.75 Å². The van der Waals surface area contributed by atoms with Crippen LogP contribution >= 0.6 is 11.6 Å².